The number of hydrogen-bond acceptors (Lipinski definition) is 2. The molecule has 1 unspecified atom stereocenters. The van der Waals surface area contributed by atoms with Gasteiger partial charge in [0.05, 0.1) is 6.54 Å². The predicted octanol–water partition coefficient (Wildman–Crippen LogP) is 1.25. The number of hydrogen-bond donors (Lipinski definition) is 1. The SMILES string of the molecule is C#CCN(CC1CC1)C(=O)CC(C)NCC. The summed E-state index contributed by atoms with van der Waals surface area (Å²) in [4.78, 5) is 13.8. The van der Waals surface area contributed by atoms with Crippen LogP contribution in [0.4, 0.5) is 0 Å². The van der Waals surface area contributed by atoms with Gasteiger partial charge < -0.3 is 10.2 Å². The number of nitrogens with zero attached hydrogens (tertiary/aromatic N) is 1. The highest BCUT2D eigenvalue weighted by atomic mass is 16.2. The normalized spacial score (nSPS) is 16.6. The van der Waals surface area contributed by atoms with Crippen LogP contribution in [0.25, 0.3) is 0 Å². The molecule has 1 aliphatic rings. The van der Waals surface area contributed by atoms with Crippen molar-refractivity contribution in [3.8, 4) is 12.3 Å². The van der Waals surface area contributed by atoms with Crippen molar-refractivity contribution in [3.05, 3.63) is 0 Å². The maximum Gasteiger partial charge on any atom is 0.224 e. The van der Waals surface area contributed by atoms with Crippen LogP contribution in [0.2, 0.25) is 0 Å². The molecule has 0 aromatic carbocycles. The Morgan fingerprint density at radius 2 is 2.31 bits per heavy atom. The Kier molecular flexibility index (Phi) is 5.34. The molecule has 1 aliphatic carbocycles. The lowest BCUT2D eigenvalue weighted by atomic mass is 10.2. The van der Waals surface area contributed by atoms with Gasteiger partial charge in [0.15, 0.2) is 0 Å². The van der Waals surface area contributed by atoms with E-state index in [4.69, 9.17) is 6.42 Å². The first-order valence-corrected chi connectivity index (χ1v) is 6.12. The summed E-state index contributed by atoms with van der Waals surface area (Å²) in [5.74, 6) is 3.45. The molecular formula is C13H22N2O. The quantitative estimate of drug-likeness (QED) is 0.657. The molecule has 0 saturated heterocycles. The Balaban J connectivity index is 2.36. The van der Waals surface area contributed by atoms with Gasteiger partial charge in [0.1, 0.15) is 0 Å². The minimum atomic E-state index is 0.179. The van der Waals surface area contributed by atoms with E-state index in [0.717, 1.165) is 13.1 Å². The molecule has 0 heterocycles. The number of terminal acetylenes is 1. The van der Waals surface area contributed by atoms with Crippen LogP contribution in [-0.4, -0.2) is 36.5 Å². The Morgan fingerprint density at radius 1 is 1.62 bits per heavy atom. The number of rotatable bonds is 7. The molecule has 0 aromatic rings. The number of nitrogens with one attached hydrogen (secondary N) is 1. The maximum atomic E-state index is 12.0. The van der Waals surface area contributed by atoms with Gasteiger partial charge in [0.2, 0.25) is 5.91 Å². The Labute approximate surface area is 98.6 Å². The van der Waals surface area contributed by atoms with Gasteiger partial charge in [-0.1, -0.05) is 12.8 Å². The van der Waals surface area contributed by atoms with Crippen molar-refractivity contribution in [2.45, 2.75) is 39.2 Å². The van der Waals surface area contributed by atoms with Crippen molar-refractivity contribution >= 4 is 5.91 Å². The summed E-state index contributed by atoms with van der Waals surface area (Å²) in [6.07, 6.45) is 8.33. The molecule has 0 aromatic heterocycles. The van der Waals surface area contributed by atoms with Gasteiger partial charge in [0, 0.05) is 19.0 Å². The Morgan fingerprint density at radius 3 is 2.81 bits per heavy atom. The van der Waals surface area contributed by atoms with Crippen molar-refractivity contribution in [1.82, 2.24) is 10.2 Å². The van der Waals surface area contributed by atoms with E-state index >= 15 is 0 Å². The minimum Gasteiger partial charge on any atom is -0.331 e. The van der Waals surface area contributed by atoms with E-state index in [9.17, 15) is 4.79 Å². The summed E-state index contributed by atoms with van der Waals surface area (Å²) >= 11 is 0. The lowest BCUT2D eigenvalue weighted by Crippen LogP contribution is -2.38. The molecular weight excluding hydrogens is 200 g/mol. The smallest absolute Gasteiger partial charge is 0.224 e. The second kappa shape index (κ2) is 6.55. The zero-order valence-corrected chi connectivity index (χ0v) is 10.3. The fourth-order valence-electron chi connectivity index (χ4n) is 1.79. The van der Waals surface area contributed by atoms with Crippen molar-refractivity contribution in [1.29, 1.82) is 0 Å². The summed E-state index contributed by atoms with van der Waals surface area (Å²) in [5, 5.41) is 3.24. The first-order valence-electron chi connectivity index (χ1n) is 6.12. The molecule has 3 heteroatoms. The zero-order valence-electron chi connectivity index (χ0n) is 10.3. The van der Waals surface area contributed by atoms with Gasteiger partial charge in [-0.2, -0.15) is 0 Å². The van der Waals surface area contributed by atoms with E-state index in [1.807, 2.05) is 18.7 Å². The first kappa shape index (κ1) is 13.1. The van der Waals surface area contributed by atoms with Crippen LogP contribution in [0, 0.1) is 18.3 Å². The average molecular weight is 222 g/mol. The fourth-order valence-corrected chi connectivity index (χ4v) is 1.79. The third-order valence-electron chi connectivity index (χ3n) is 2.84. The molecule has 0 bridgehead atoms. The predicted molar refractivity (Wildman–Crippen MR) is 65.9 cm³/mol. The summed E-state index contributed by atoms with van der Waals surface area (Å²) in [6, 6.07) is 0.233. The molecule has 1 amide bonds. The molecule has 1 saturated carbocycles. The van der Waals surface area contributed by atoms with Gasteiger partial charge in [0.25, 0.3) is 0 Å². The molecule has 90 valence electrons. The van der Waals surface area contributed by atoms with Crippen LogP contribution >= 0.6 is 0 Å². The van der Waals surface area contributed by atoms with E-state index < -0.39 is 0 Å². The molecule has 0 spiro atoms. The van der Waals surface area contributed by atoms with Gasteiger partial charge >= 0.3 is 0 Å². The van der Waals surface area contributed by atoms with E-state index in [0.29, 0.717) is 18.9 Å². The fraction of sp³-hybridized carbons (Fsp3) is 0.769. The monoisotopic (exact) mass is 222 g/mol. The molecule has 1 fully saturated rings. The molecule has 16 heavy (non-hydrogen) atoms. The Hall–Kier alpha value is -1.01. The first-order chi connectivity index (χ1) is 7.67. The van der Waals surface area contributed by atoms with Crippen LogP contribution < -0.4 is 5.32 Å². The molecule has 0 radical (unpaired) electrons. The van der Waals surface area contributed by atoms with E-state index in [1.165, 1.54) is 12.8 Å². The van der Waals surface area contributed by atoms with E-state index in [1.54, 1.807) is 0 Å². The average Bonchev–Trinajstić information content (AvgIpc) is 3.01. The lowest BCUT2D eigenvalue weighted by Gasteiger charge is -2.22. The molecule has 1 N–H and O–H groups in total. The van der Waals surface area contributed by atoms with Crippen molar-refractivity contribution < 1.29 is 4.79 Å². The number of carbonyl (C=O) groups is 1. The zero-order chi connectivity index (χ0) is 12.0. The van der Waals surface area contributed by atoms with Crippen molar-refractivity contribution in [3.63, 3.8) is 0 Å². The van der Waals surface area contributed by atoms with Crippen molar-refractivity contribution in [2.24, 2.45) is 5.92 Å². The van der Waals surface area contributed by atoms with Crippen LogP contribution in [0.3, 0.4) is 0 Å². The summed E-state index contributed by atoms with van der Waals surface area (Å²) < 4.78 is 0. The molecule has 1 atom stereocenters. The van der Waals surface area contributed by atoms with Crippen LogP contribution in [0.1, 0.15) is 33.1 Å². The standard InChI is InChI=1S/C13H22N2O/c1-4-8-15(10-12-6-7-12)13(16)9-11(3)14-5-2/h1,11-12,14H,5-10H2,2-3H3. The second-order valence-electron chi connectivity index (χ2n) is 4.58. The van der Waals surface area contributed by atoms with Crippen LogP contribution in [-0.2, 0) is 4.79 Å². The highest BCUT2D eigenvalue weighted by molar-refractivity contribution is 5.77. The van der Waals surface area contributed by atoms with Crippen LogP contribution in [0.15, 0.2) is 0 Å². The van der Waals surface area contributed by atoms with Gasteiger partial charge in [-0.05, 0) is 32.2 Å². The second-order valence-corrected chi connectivity index (χ2v) is 4.58. The minimum absolute atomic E-state index is 0.179. The largest absolute Gasteiger partial charge is 0.331 e. The van der Waals surface area contributed by atoms with Crippen LogP contribution in [0.5, 0.6) is 0 Å². The molecule has 1 rings (SSSR count). The summed E-state index contributed by atoms with van der Waals surface area (Å²) in [7, 11) is 0. The molecule has 0 aliphatic heterocycles. The van der Waals surface area contributed by atoms with E-state index in [-0.39, 0.29) is 11.9 Å². The molecule has 3 nitrogen and oxygen atoms in total. The van der Waals surface area contributed by atoms with Gasteiger partial charge in [-0.15, -0.1) is 6.42 Å². The Bertz CT molecular complexity index is 266. The number of amides is 1. The third-order valence-corrected chi connectivity index (χ3v) is 2.84. The maximum absolute atomic E-state index is 12.0. The van der Waals surface area contributed by atoms with Gasteiger partial charge in [-0.25, -0.2) is 0 Å². The number of carbonyl (C=O) groups excluding carboxylic acids is 1. The summed E-state index contributed by atoms with van der Waals surface area (Å²) in [5.41, 5.74) is 0. The highest BCUT2D eigenvalue weighted by Gasteiger charge is 2.26. The summed E-state index contributed by atoms with van der Waals surface area (Å²) in [6.45, 7) is 6.28. The lowest BCUT2D eigenvalue weighted by molar-refractivity contribution is -0.131. The third kappa shape index (κ3) is 4.67. The highest BCUT2D eigenvalue weighted by Crippen LogP contribution is 2.29. The van der Waals surface area contributed by atoms with E-state index in [2.05, 4.69) is 11.2 Å². The van der Waals surface area contributed by atoms with Crippen molar-refractivity contribution in [2.75, 3.05) is 19.6 Å². The van der Waals surface area contributed by atoms with Gasteiger partial charge in [-0.3, -0.25) is 4.79 Å². The topological polar surface area (TPSA) is 32.3 Å².